The second-order valence-electron chi connectivity index (χ2n) is 8.31. The van der Waals surface area contributed by atoms with E-state index in [1.807, 2.05) is 83.1 Å². The Labute approximate surface area is 181 Å². The van der Waals surface area contributed by atoms with Gasteiger partial charge in [-0.3, -0.25) is 14.5 Å². The first-order valence-electron chi connectivity index (χ1n) is 9.72. The first-order chi connectivity index (χ1) is 14.2. The van der Waals surface area contributed by atoms with Crippen LogP contribution < -0.4 is 10.2 Å². The summed E-state index contributed by atoms with van der Waals surface area (Å²) in [4.78, 5) is 28.6. The van der Waals surface area contributed by atoms with Crippen LogP contribution in [0.2, 0.25) is 0 Å². The Morgan fingerprint density at radius 1 is 1.07 bits per heavy atom. The monoisotopic (exact) mass is 422 g/mol. The molecule has 0 radical (unpaired) electrons. The molecule has 6 nitrogen and oxygen atoms in total. The van der Waals surface area contributed by atoms with Crippen molar-refractivity contribution >= 4 is 29.0 Å². The second kappa shape index (κ2) is 8.75. The molecule has 0 unspecified atom stereocenters. The first-order valence-corrected chi connectivity index (χ1v) is 10.6. The lowest BCUT2D eigenvalue weighted by atomic mass is 9.99. The molecule has 2 aromatic carbocycles. The molecule has 0 aliphatic heterocycles. The van der Waals surface area contributed by atoms with Gasteiger partial charge >= 0.3 is 0 Å². The predicted octanol–water partition coefficient (Wildman–Crippen LogP) is 4.46. The van der Waals surface area contributed by atoms with Crippen LogP contribution in [-0.4, -0.2) is 26.9 Å². The number of carbonyl (C=O) groups is 2. The van der Waals surface area contributed by atoms with E-state index in [-0.39, 0.29) is 17.5 Å². The summed E-state index contributed by atoms with van der Waals surface area (Å²) in [5.41, 5.74) is 3.03. The Hall–Kier alpha value is -3.06. The molecule has 30 heavy (non-hydrogen) atoms. The molecule has 0 bridgehead atoms. The highest BCUT2D eigenvalue weighted by molar-refractivity contribution is 7.03. The van der Waals surface area contributed by atoms with Gasteiger partial charge in [0.2, 0.25) is 5.91 Å². The summed E-state index contributed by atoms with van der Waals surface area (Å²) >= 11 is 1.10. The highest BCUT2D eigenvalue weighted by atomic mass is 32.1. The van der Waals surface area contributed by atoms with Crippen molar-refractivity contribution in [2.45, 2.75) is 46.2 Å². The Bertz CT molecular complexity index is 1030. The first kappa shape index (κ1) is 21.6. The molecule has 0 aliphatic rings. The standard InChI is InChI=1S/C23H26N4O2S/c1-15-11-12-16(2)19(13-15)27(22(29)18-14-30-26-25-18)20(17-9-7-6-8-10-17)21(28)24-23(3,4)5/h6-14,20H,1-5H3,(H,24,28)/t20-/m1/s1. The summed E-state index contributed by atoms with van der Waals surface area (Å²) in [5, 5.41) is 8.61. The van der Waals surface area contributed by atoms with Crippen molar-refractivity contribution in [3.8, 4) is 0 Å². The number of hydrogen-bond donors (Lipinski definition) is 1. The number of hydrogen-bond acceptors (Lipinski definition) is 5. The summed E-state index contributed by atoms with van der Waals surface area (Å²) in [6.07, 6.45) is 0. The van der Waals surface area contributed by atoms with Crippen LogP contribution in [0.3, 0.4) is 0 Å². The van der Waals surface area contributed by atoms with Crippen LogP contribution in [0, 0.1) is 13.8 Å². The maximum absolute atomic E-state index is 13.6. The fourth-order valence-electron chi connectivity index (χ4n) is 3.22. The van der Waals surface area contributed by atoms with Crippen LogP contribution >= 0.6 is 11.5 Å². The van der Waals surface area contributed by atoms with Gasteiger partial charge in [0.05, 0.1) is 0 Å². The minimum atomic E-state index is -0.861. The lowest BCUT2D eigenvalue weighted by Gasteiger charge is -2.34. The van der Waals surface area contributed by atoms with Gasteiger partial charge in [0.15, 0.2) is 5.69 Å². The third-order valence-electron chi connectivity index (χ3n) is 4.54. The highest BCUT2D eigenvalue weighted by Gasteiger charge is 2.36. The minimum Gasteiger partial charge on any atom is -0.349 e. The van der Waals surface area contributed by atoms with E-state index in [1.54, 1.807) is 5.38 Å². The van der Waals surface area contributed by atoms with E-state index in [0.717, 1.165) is 28.2 Å². The molecule has 3 rings (SSSR count). The van der Waals surface area contributed by atoms with Crippen LogP contribution in [0.15, 0.2) is 53.9 Å². The minimum absolute atomic E-state index is 0.213. The third-order valence-corrected chi connectivity index (χ3v) is 5.05. The van der Waals surface area contributed by atoms with Gasteiger partial charge in [-0.2, -0.15) is 0 Å². The molecule has 3 aromatic rings. The molecule has 0 saturated carbocycles. The topological polar surface area (TPSA) is 75.2 Å². The van der Waals surface area contributed by atoms with Gasteiger partial charge in [0.1, 0.15) is 6.04 Å². The van der Waals surface area contributed by atoms with E-state index in [0.29, 0.717) is 5.69 Å². The van der Waals surface area contributed by atoms with E-state index in [4.69, 9.17) is 0 Å². The van der Waals surface area contributed by atoms with Crippen LogP contribution in [0.5, 0.6) is 0 Å². The van der Waals surface area contributed by atoms with Crippen molar-refractivity contribution in [3.05, 3.63) is 76.3 Å². The van der Waals surface area contributed by atoms with Crippen LogP contribution in [0.25, 0.3) is 0 Å². The number of nitrogens with one attached hydrogen (secondary N) is 1. The van der Waals surface area contributed by atoms with Crippen LogP contribution in [0.4, 0.5) is 5.69 Å². The van der Waals surface area contributed by atoms with Gasteiger partial charge in [-0.1, -0.05) is 47.0 Å². The summed E-state index contributed by atoms with van der Waals surface area (Å²) in [6, 6.07) is 14.3. The fourth-order valence-corrected chi connectivity index (χ4v) is 3.65. The Morgan fingerprint density at radius 2 is 1.77 bits per heavy atom. The average Bonchev–Trinajstić information content (AvgIpc) is 3.21. The number of anilines is 1. The number of carbonyl (C=O) groups excluding carboxylic acids is 2. The van der Waals surface area contributed by atoms with Crippen molar-refractivity contribution in [2.24, 2.45) is 0 Å². The largest absolute Gasteiger partial charge is 0.349 e. The molecular formula is C23H26N4O2S. The van der Waals surface area contributed by atoms with E-state index >= 15 is 0 Å². The number of nitrogens with zero attached hydrogens (tertiary/aromatic N) is 3. The van der Waals surface area contributed by atoms with Crippen LogP contribution in [-0.2, 0) is 4.79 Å². The van der Waals surface area contributed by atoms with E-state index < -0.39 is 11.6 Å². The molecule has 2 amide bonds. The Morgan fingerprint density at radius 3 is 2.37 bits per heavy atom. The molecular weight excluding hydrogens is 396 g/mol. The lowest BCUT2D eigenvalue weighted by Crippen LogP contribution is -2.49. The molecule has 1 heterocycles. The number of benzene rings is 2. The fraction of sp³-hybridized carbons (Fsp3) is 0.304. The summed E-state index contributed by atoms with van der Waals surface area (Å²) in [6.45, 7) is 9.64. The summed E-state index contributed by atoms with van der Waals surface area (Å²) in [7, 11) is 0. The number of aromatic nitrogens is 2. The van der Waals surface area contributed by atoms with Gasteiger partial charge in [-0.05, 0) is 68.9 Å². The SMILES string of the molecule is Cc1ccc(C)c(N(C(=O)c2csnn2)[C@@H](C(=O)NC(C)(C)C)c2ccccc2)c1. The molecule has 156 valence electrons. The molecule has 1 aromatic heterocycles. The van der Waals surface area contributed by atoms with Crippen molar-refractivity contribution in [1.82, 2.24) is 14.9 Å². The second-order valence-corrected chi connectivity index (χ2v) is 8.92. The smallest absolute Gasteiger partial charge is 0.280 e. The molecule has 0 spiro atoms. The molecule has 0 fully saturated rings. The zero-order chi connectivity index (χ0) is 21.9. The quantitative estimate of drug-likeness (QED) is 0.659. The number of amides is 2. The van der Waals surface area contributed by atoms with Gasteiger partial charge in [-0.25, -0.2) is 0 Å². The molecule has 1 atom stereocenters. The molecule has 1 N–H and O–H groups in total. The van der Waals surface area contributed by atoms with Gasteiger partial charge < -0.3 is 5.32 Å². The zero-order valence-corrected chi connectivity index (χ0v) is 18.7. The summed E-state index contributed by atoms with van der Waals surface area (Å²) < 4.78 is 3.84. The average molecular weight is 423 g/mol. The molecule has 7 heteroatoms. The maximum atomic E-state index is 13.6. The predicted molar refractivity (Wildman–Crippen MR) is 120 cm³/mol. The van der Waals surface area contributed by atoms with E-state index in [1.165, 1.54) is 4.90 Å². The lowest BCUT2D eigenvalue weighted by molar-refractivity contribution is -0.123. The number of aryl methyl sites for hydroxylation is 2. The van der Waals surface area contributed by atoms with E-state index in [9.17, 15) is 9.59 Å². The van der Waals surface area contributed by atoms with E-state index in [2.05, 4.69) is 14.9 Å². The maximum Gasteiger partial charge on any atom is 0.280 e. The molecule has 0 aliphatic carbocycles. The van der Waals surface area contributed by atoms with Gasteiger partial charge in [0.25, 0.3) is 5.91 Å². The van der Waals surface area contributed by atoms with Crippen LogP contribution in [0.1, 0.15) is 54.0 Å². The highest BCUT2D eigenvalue weighted by Crippen LogP contribution is 2.33. The van der Waals surface area contributed by atoms with Crippen molar-refractivity contribution in [3.63, 3.8) is 0 Å². The van der Waals surface area contributed by atoms with Gasteiger partial charge in [0, 0.05) is 16.6 Å². The number of rotatable bonds is 5. The summed E-state index contributed by atoms with van der Waals surface area (Å²) in [5.74, 6) is -0.624. The Kier molecular flexibility index (Phi) is 6.31. The molecule has 0 saturated heterocycles. The van der Waals surface area contributed by atoms with Crippen molar-refractivity contribution < 1.29 is 9.59 Å². The van der Waals surface area contributed by atoms with Crippen molar-refractivity contribution in [1.29, 1.82) is 0 Å². The zero-order valence-electron chi connectivity index (χ0n) is 17.8. The third kappa shape index (κ3) is 4.91. The normalized spacial score (nSPS) is 12.3. The Balaban J connectivity index is 2.21. The van der Waals surface area contributed by atoms with Crippen molar-refractivity contribution in [2.75, 3.05) is 4.90 Å². The van der Waals surface area contributed by atoms with Gasteiger partial charge in [-0.15, -0.1) is 5.10 Å².